The molecule has 3 rings (SSSR count). The maximum absolute atomic E-state index is 12.4. The molecule has 6 heteroatoms. The Balaban J connectivity index is 2.03. The number of likely N-dealkylation sites (N-methyl/N-ethyl adjacent to an activating group) is 1. The Morgan fingerprint density at radius 3 is 2.67 bits per heavy atom. The Morgan fingerprint density at radius 1 is 1.24 bits per heavy atom. The van der Waals surface area contributed by atoms with Gasteiger partial charge in [0.1, 0.15) is 14.3 Å². The molecule has 0 aliphatic carbocycles. The summed E-state index contributed by atoms with van der Waals surface area (Å²) in [5.74, 6) is 0.0156. The lowest BCUT2D eigenvalue weighted by Gasteiger charge is -2.21. The van der Waals surface area contributed by atoms with Gasteiger partial charge in [-0.2, -0.15) is 0 Å². The van der Waals surface area contributed by atoms with Crippen LogP contribution in [-0.2, 0) is 4.79 Å². The molecular formula is C15H16N2OS3. The van der Waals surface area contributed by atoms with Crippen molar-refractivity contribution in [1.82, 2.24) is 4.90 Å². The quantitative estimate of drug-likeness (QED) is 0.612. The summed E-state index contributed by atoms with van der Waals surface area (Å²) < 4.78 is 0.634. The molecule has 1 fully saturated rings. The molecule has 2 aliphatic rings. The minimum atomic E-state index is 0.0156. The van der Waals surface area contributed by atoms with Crippen LogP contribution >= 0.6 is 35.7 Å². The molecule has 0 unspecified atom stereocenters. The van der Waals surface area contributed by atoms with Crippen LogP contribution in [0.5, 0.6) is 0 Å². The van der Waals surface area contributed by atoms with Crippen molar-refractivity contribution in [2.24, 2.45) is 0 Å². The van der Waals surface area contributed by atoms with Crippen molar-refractivity contribution in [2.45, 2.75) is 24.7 Å². The molecule has 1 amide bonds. The molecule has 0 saturated carbocycles. The van der Waals surface area contributed by atoms with Gasteiger partial charge in [0.05, 0.1) is 5.69 Å². The van der Waals surface area contributed by atoms with E-state index in [4.69, 9.17) is 12.2 Å². The van der Waals surface area contributed by atoms with Crippen LogP contribution in [-0.4, -0.2) is 28.7 Å². The third-order valence-electron chi connectivity index (χ3n) is 3.50. The maximum atomic E-state index is 12.4. The molecular weight excluding hydrogens is 320 g/mol. The molecule has 0 spiro atoms. The molecule has 3 nitrogen and oxygen atoms in total. The van der Waals surface area contributed by atoms with Crippen molar-refractivity contribution in [2.75, 3.05) is 18.5 Å². The van der Waals surface area contributed by atoms with Crippen LogP contribution in [0, 0.1) is 0 Å². The van der Waals surface area contributed by atoms with E-state index in [9.17, 15) is 4.79 Å². The number of carbonyl (C=O) groups is 1. The van der Waals surface area contributed by atoms with E-state index in [2.05, 4.69) is 24.0 Å². The van der Waals surface area contributed by atoms with Gasteiger partial charge in [-0.1, -0.05) is 61.2 Å². The van der Waals surface area contributed by atoms with Gasteiger partial charge in [0.25, 0.3) is 5.91 Å². The summed E-state index contributed by atoms with van der Waals surface area (Å²) >= 11 is 8.34. The Morgan fingerprint density at radius 2 is 2.00 bits per heavy atom. The summed E-state index contributed by atoms with van der Waals surface area (Å²) in [6.45, 7) is 3.12. The summed E-state index contributed by atoms with van der Waals surface area (Å²) in [7, 11) is 1.74. The highest BCUT2D eigenvalue weighted by atomic mass is 32.2. The maximum Gasteiger partial charge on any atom is 0.268 e. The number of unbranched alkanes of at least 4 members (excludes halogenated alkanes) is 1. The second-order valence-electron chi connectivity index (χ2n) is 4.94. The van der Waals surface area contributed by atoms with E-state index in [1.807, 2.05) is 12.1 Å². The number of carbonyl (C=O) groups excluding carboxylic acids is 1. The van der Waals surface area contributed by atoms with Crippen molar-refractivity contribution in [3.05, 3.63) is 34.2 Å². The summed E-state index contributed by atoms with van der Waals surface area (Å²) in [5, 5.41) is 1.03. The fourth-order valence-electron chi connectivity index (χ4n) is 2.31. The Bertz CT molecular complexity index is 642. The number of hydrogen-bond donors (Lipinski definition) is 0. The van der Waals surface area contributed by atoms with Crippen molar-refractivity contribution < 1.29 is 4.79 Å². The highest BCUT2D eigenvalue weighted by molar-refractivity contribution is 8.27. The molecule has 2 aliphatic heterocycles. The fourth-order valence-corrected chi connectivity index (χ4v) is 4.83. The molecule has 0 N–H and O–H groups in total. The van der Waals surface area contributed by atoms with E-state index in [1.165, 1.54) is 22.3 Å². The van der Waals surface area contributed by atoms with Gasteiger partial charge in [-0.05, 0) is 18.6 Å². The number of thiocarbonyl (C=S) groups is 1. The van der Waals surface area contributed by atoms with Crippen LogP contribution in [0.3, 0.4) is 0 Å². The molecule has 1 saturated heterocycles. The second-order valence-corrected chi connectivity index (χ2v) is 7.62. The number of amides is 1. The summed E-state index contributed by atoms with van der Waals surface area (Å²) in [6.07, 6.45) is 2.23. The Hall–Kier alpha value is -0.980. The third kappa shape index (κ3) is 2.60. The molecule has 2 heterocycles. The predicted molar refractivity (Wildman–Crippen MR) is 94.5 cm³/mol. The van der Waals surface area contributed by atoms with Gasteiger partial charge in [-0.3, -0.25) is 9.69 Å². The number of benzene rings is 1. The second kappa shape index (κ2) is 6.02. The van der Waals surface area contributed by atoms with Crippen molar-refractivity contribution in [3.8, 4) is 0 Å². The molecule has 1 aromatic carbocycles. The zero-order valence-electron chi connectivity index (χ0n) is 12.0. The molecule has 110 valence electrons. The van der Waals surface area contributed by atoms with E-state index < -0.39 is 0 Å². The van der Waals surface area contributed by atoms with Gasteiger partial charge in [0.2, 0.25) is 0 Å². The van der Waals surface area contributed by atoms with E-state index in [-0.39, 0.29) is 5.91 Å². The molecule has 0 aromatic heterocycles. The molecule has 0 radical (unpaired) electrons. The van der Waals surface area contributed by atoms with Gasteiger partial charge in [0, 0.05) is 18.5 Å². The van der Waals surface area contributed by atoms with Crippen LogP contribution in [0.1, 0.15) is 19.8 Å². The van der Waals surface area contributed by atoms with Gasteiger partial charge in [-0.25, -0.2) is 0 Å². The summed E-state index contributed by atoms with van der Waals surface area (Å²) in [5.41, 5.74) is 1.20. The number of fused-ring (bicyclic) bond motifs is 1. The van der Waals surface area contributed by atoms with Gasteiger partial charge < -0.3 is 4.90 Å². The molecule has 0 bridgehead atoms. The van der Waals surface area contributed by atoms with Crippen LogP contribution in [0.2, 0.25) is 0 Å². The van der Waals surface area contributed by atoms with E-state index in [0.29, 0.717) is 4.32 Å². The SMILES string of the molecule is CCCCN1C(=C2SC(=S)N(C)C2=O)Sc2ccccc21. The van der Waals surface area contributed by atoms with Crippen molar-refractivity contribution in [1.29, 1.82) is 0 Å². The number of anilines is 1. The minimum absolute atomic E-state index is 0.0156. The minimum Gasteiger partial charge on any atom is -0.334 e. The third-order valence-corrected chi connectivity index (χ3v) is 6.36. The van der Waals surface area contributed by atoms with Gasteiger partial charge in [0.15, 0.2) is 0 Å². The summed E-state index contributed by atoms with van der Waals surface area (Å²) in [4.78, 5) is 18.2. The van der Waals surface area contributed by atoms with Crippen LogP contribution in [0.15, 0.2) is 39.1 Å². The first-order chi connectivity index (χ1) is 10.1. The van der Waals surface area contributed by atoms with Gasteiger partial charge in [-0.15, -0.1) is 0 Å². The lowest BCUT2D eigenvalue weighted by Crippen LogP contribution is -2.25. The highest BCUT2D eigenvalue weighted by Gasteiger charge is 2.37. The van der Waals surface area contributed by atoms with Crippen LogP contribution < -0.4 is 4.90 Å². The fraction of sp³-hybridized carbons (Fsp3) is 0.333. The number of para-hydroxylation sites is 1. The normalized spacial score (nSPS) is 21.4. The van der Waals surface area contributed by atoms with E-state index >= 15 is 0 Å². The lowest BCUT2D eigenvalue weighted by atomic mass is 10.2. The topological polar surface area (TPSA) is 23.6 Å². The first-order valence-electron chi connectivity index (χ1n) is 6.92. The Labute approximate surface area is 138 Å². The average Bonchev–Trinajstić information content (AvgIpc) is 2.98. The molecule has 0 atom stereocenters. The molecule has 21 heavy (non-hydrogen) atoms. The standard InChI is InChI=1S/C15H16N2OS3/c1-3-4-9-17-10-7-5-6-8-11(10)20-14(17)12-13(18)16(2)15(19)21-12/h5-8H,3-4,9H2,1-2H3. The number of thioether (sulfide) groups is 2. The average molecular weight is 337 g/mol. The van der Waals surface area contributed by atoms with Crippen LogP contribution in [0.4, 0.5) is 5.69 Å². The Kier molecular flexibility index (Phi) is 4.28. The number of rotatable bonds is 3. The van der Waals surface area contributed by atoms with E-state index in [0.717, 1.165) is 29.3 Å². The molecule has 1 aromatic rings. The first-order valence-corrected chi connectivity index (χ1v) is 8.96. The predicted octanol–water partition coefficient (Wildman–Crippen LogP) is 4.06. The first kappa shape index (κ1) is 14.9. The highest BCUT2D eigenvalue weighted by Crippen LogP contribution is 2.50. The number of hydrogen-bond acceptors (Lipinski definition) is 5. The largest absolute Gasteiger partial charge is 0.334 e. The van der Waals surface area contributed by atoms with Gasteiger partial charge >= 0.3 is 0 Å². The van der Waals surface area contributed by atoms with Crippen LogP contribution in [0.25, 0.3) is 0 Å². The smallest absolute Gasteiger partial charge is 0.268 e. The van der Waals surface area contributed by atoms with Crippen molar-refractivity contribution in [3.63, 3.8) is 0 Å². The number of nitrogens with zero attached hydrogens (tertiary/aromatic N) is 2. The monoisotopic (exact) mass is 336 g/mol. The lowest BCUT2D eigenvalue weighted by molar-refractivity contribution is -0.121. The summed E-state index contributed by atoms with van der Waals surface area (Å²) in [6, 6.07) is 8.32. The zero-order chi connectivity index (χ0) is 15.0. The van der Waals surface area contributed by atoms with Crippen molar-refractivity contribution >= 4 is 51.7 Å². The van der Waals surface area contributed by atoms with E-state index in [1.54, 1.807) is 23.7 Å². The zero-order valence-corrected chi connectivity index (χ0v) is 14.4.